The zero-order valence-electron chi connectivity index (χ0n) is 21.0. The van der Waals surface area contributed by atoms with Crippen LogP contribution in [0.25, 0.3) is 11.8 Å². The lowest BCUT2D eigenvalue weighted by Crippen LogP contribution is -2.12. The van der Waals surface area contributed by atoms with Crippen LogP contribution in [0.15, 0.2) is 69.8 Å². The Balaban J connectivity index is 1.78. The number of hydrogen-bond acceptors (Lipinski definition) is 5. The molecule has 1 aliphatic rings. The Hall–Kier alpha value is -3.51. The van der Waals surface area contributed by atoms with Crippen LogP contribution >= 0.6 is 11.8 Å². The second-order valence-corrected chi connectivity index (χ2v) is 9.85. The molecule has 2 aromatic carbocycles. The highest BCUT2D eigenvalue weighted by molar-refractivity contribution is 8.18. The van der Waals surface area contributed by atoms with Crippen LogP contribution in [-0.2, 0) is 9.53 Å². The maximum Gasteiger partial charge on any atom is 0.344 e. The van der Waals surface area contributed by atoms with Crippen molar-refractivity contribution in [2.75, 3.05) is 6.61 Å². The van der Waals surface area contributed by atoms with E-state index in [0.29, 0.717) is 15.6 Å². The lowest BCUT2D eigenvalue weighted by atomic mass is 10.1. The molecule has 5 nitrogen and oxygen atoms in total. The van der Waals surface area contributed by atoms with Gasteiger partial charge in [-0.3, -0.25) is 0 Å². The third kappa shape index (κ3) is 5.13. The maximum atomic E-state index is 12.7. The quantitative estimate of drug-likeness (QED) is 0.387. The first-order chi connectivity index (χ1) is 16.7. The van der Waals surface area contributed by atoms with E-state index in [2.05, 4.69) is 61.5 Å². The Kier molecular flexibility index (Phi) is 7.03. The number of esters is 1. The van der Waals surface area contributed by atoms with E-state index in [1.165, 1.54) is 22.9 Å². The van der Waals surface area contributed by atoms with Gasteiger partial charge in [0.1, 0.15) is 16.4 Å². The summed E-state index contributed by atoms with van der Waals surface area (Å²) in [5.74, 6) is -0.678. The minimum absolute atomic E-state index is 0.101. The van der Waals surface area contributed by atoms with Crippen molar-refractivity contribution in [1.82, 2.24) is 4.57 Å². The molecule has 3 aromatic rings. The molecular weight excluding hydrogens is 456 g/mol. The minimum atomic E-state index is -0.576. The smallest absolute Gasteiger partial charge is 0.344 e. The van der Waals surface area contributed by atoms with Gasteiger partial charge >= 0.3 is 5.97 Å². The van der Waals surface area contributed by atoms with E-state index < -0.39 is 5.97 Å². The van der Waals surface area contributed by atoms with E-state index in [0.717, 1.165) is 28.2 Å². The highest BCUT2D eigenvalue weighted by Gasteiger charge is 2.33. The van der Waals surface area contributed by atoms with Gasteiger partial charge in [-0.25, -0.2) is 9.79 Å². The normalized spacial score (nSPS) is 15.9. The molecular formula is C29H30N2O3S. The van der Waals surface area contributed by atoms with Crippen LogP contribution in [0.1, 0.15) is 40.6 Å². The molecule has 0 spiro atoms. The van der Waals surface area contributed by atoms with Gasteiger partial charge in [0.2, 0.25) is 0 Å². The number of benzene rings is 2. The number of aliphatic hydroxyl groups is 1. The minimum Gasteiger partial charge on any atom is -0.506 e. The van der Waals surface area contributed by atoms with Gasteiger partial charge in [0, 0.05) is 17.1 Å². The van der Waals surface area contributed by atoms with Gasteiger partial charge in [-0.15, -0.1) is 0 Å². The number of hydrogen-bond donors (Lipinski definition) is 1. The molecule has 0 aliphatic carbocycles. The van der Waals surface area contributed by atoms with Crippen molar-refractivity contribution < 1.29 is 14.6 Å². The highest BCUT2D eigenvalue weighted by Crippen LogP contribution is 2.41. The summed E-state index contributed by atoms with van der Waals surface area (Å²) in [5, 5.41) is 11.5. The summed E-state index contributed by atoms with van der Waals surface area (Å²) < 4.78 is 7.44. The largest absolute Gasteiger partial charge is 0.506 e. The standard InChI is InChI=1S/C29H30N2O3S/c1-7-34-29(33)26-27(32)25(35-28(26)30-23-10-8-17(2)9-11-23)16-22-15-20(5)31(21(22)6)24-13-18(3)12-19(4)14-24/h8-16,32H,7H2,1-6H3/b25-16-,30-28?. The number of rotatable bonds is 5. The number of carbonyl (C=O) groups excluding carboxylic acids is 1. The molecule has 0 saturated carbocycles. The number of aliphatic hydroxyl groups excluding tert-OH is 1. The number of ether oxygens (including phenoxy) is 1. The van der Waals surface area contributed by atoms with Gasteiger partial charge in [-0.1, -0.05) is 35.5 Å². The molecule has 1 aromatic heterocycles. The fourth-order valence-corrected chi connectivity index (χ4v) is 5.31. The summed E-state index contributed by atoms with van der Waals surface area (Å²) >= 11 is 1.28. The maximum absolute atomic E-state index is 12.7. The SMILES string of the molecule is CCOC(=O)C1=C(O)/C(=C/c2cc(C)n(-c3cc(C)cc(C)c3)c2C)SC1=Nc1ccc(C)cc1. The zero-order chi connectivity index (χ0) is 25.3. The molecule has 4 rings (SSSR count). The Morgan fingerprint density at radius 1 is 1.00 bits per heavy atom. The van der Waals surface area contributed by atoms with Crippen molar-refractivity contribution >= 4 is 34.5 Å². The van der Waals surface area contributed by atoms with Crippen molar-refractivity contribution in [2.45, 2.75) is 41.5 Å². The molecule has 0 unspecified atom stereocenters. The van der Waals surface area contributed by atoms with Crippen LogP contribution in [0.4, 0.5) is 5.69 Å². The average molecular weight is 487 g/mol. The number of nitrogens with zero attached hydrogens (tertiary/aromatic N) is 2. The average Bonchev–Trinajstić information content (AvgIpc) is 3.24. The summed E-state index contributed by atoms with van der Waals surface area (Å²) in [6, 6.07) is 16.3. The van der Waals surface area contributed by atoms with Crippen molar-refractivity contribution in [3.63, 3.8) is 0 Å². The predicted molar refractivity (Wildman–Crippen MR) is 145 cm³/mol. The van der Waals surface area contributed by atoms with E-state index >= 15 is 0 Å². The molecule has 2 heterocycles. The summed E-state index contributed by atoms with van der Waals surface area (Å²) in [5.41, 5.74) is 8.56. The third-order valence-electron chi connectivity index (χ3n) is 5.86. The highest BCUT2D eigenvalue weighted by atomic mass is 32.2. The lowest BCUT2D eigenvalue weighted by molar-refractivity contribution is -0.138. The number of aromatic nitrogens is 1. The molecule has 0 saturated heterocycles. The number of thioether (sulfide) groups is 1. The van der Waals surface area contributed by atoms with Gasteiger partial charge in [0.15, 0.2) is 0 Å². The molecule has 0 fully saturated rings. The topological polar surface area (TPSA) is 63.8 Å². The first-order valence-corrected chi connectivity index (χ1v) is 12.4. The van der Waals surface area contributed by atoms with Crippen LogP contribution in [-0.4, -0.2) is 27.3 Å². The van der Waals surface area contributed by atoms with Crippen LogP contribution < -0.4 is 0 Å². The molecule has 35 heavy (non-hydrogen) atoms. The van der Waals surface area contributed by atoms with Crippen molar-refractivity contribution in [3.05, 3.63) is 98.4 Å². The summed E-state index contributed by atoms with van der Waals surface area (Å²) in [6.45, 7) is 12.3. The van der Waals surface area contributed by atoms with E-state index in [-0.39, 0.29) is 17.9 Å². The van der Waals surface area contributed by atoms with Gasteiger partial charge < -0.3 is 14.4 Å². The molecule has 0 bridgehead atoms. The van der Waals surface area contributed by atoms with Gasteiger partial charge in [-0.05, 0) is 94.6 Å². The predicted octanol–water partition coefficient (Wildman–Crippen LogP) is 7.21. The van der Waals surface area contributed by atoms with Gasteiger partial charge in [0.05, 0.1) is 17.2 Å². The molecule has 0 amide bonds. The molecule has 0 atom stereocenters. The summed E-state index contributed by atoms with van der Waals surface area (Å²) in [7, 11) is 0. The van der Waals surface area contributed by atoms with Crippen molar-refractivity contribution in [3.8, 4) is 5.69 Å². The fourth-order valence-electron chi connectivity index (χ4n) is 4.28. The molecule has 1 N–H and O–H groups in total. The Bertz CT molecular complexity index is 1370. The Morgan fingerprint density at radius 2 is 1.66 bits per heavy atom. The second kappa shape index (κ2) is 10.0. The van der Waals surface area contributed by atoms with E-state index in [1.54, 1.807) is 6.92 Å². The molecule has 1 aliphatic heterocycles. The van der Waals surface area contributed by atoms with Crippen LogP contribution in [0.5, 0.6) is 0 Å². The Morgan fingerprint density at radius 3 is 2.29 bits per heavy atom. The monoisotopic (exact) mass is 486 g/mol. The van der Waals surface area contributed by atoms with E-state index in [9.17, 15) is 9.90 Å². The second-order valence-electron chi connectivity index (χ2n) is 8.82. The van der Waals surface area contributed by atoms with Gasteiger partial charge in [-0.2, -0.15) is 0 Å². The molecule has 180 valence electrons. The zero-order valence-corrected chi connectivity index (χ0v) is 21.8. The summed E-state index contributed by atoms with van der Waals surface area (Å²) in [4.78, 5) is 17.9. The summed E-state index contributed by atoms with van der Waals surface area (Å²) in [6.07, 6.45) is 1.92. The van der Waals surface area contributed by atoms with E-state index in [4.69, 9.17) is 4.74 Å². The van der Waals surface area contributed by atoms with E-state index in [1.807, 2.05) is 37.3 Å². The number of aliphatic imine (C=N–C) groups is 1. The van der Waals surface area contributed by atoms with Crippen LogP contribution in [0, 0.1) is 34.6 Å². The first kappa shape index (κ1) is 24.6. The number of aryl methyl sites for hydroxylation is 4. The van der Waals surface area contributed by atoms with Crippen LogP contribution in [0.3, 0.4) is 0 Å². The third-order valence-corrected chi connectivity index (χ3v) is 6.88. The molecule has 0 radical (unpaired) electrons. The number of carbonyl (C=O) groups is 1. The van der Waals surface area contributed by atoms with Gasteiger partial charge in [0.25, 0.3) is 0 Å². The van der Waals surface area contributed by atoms with Crippen molar-refractivity contribution in [2.24, 2.45) is 4.99 Å². The Labute approximate surface area is 210 Å². The van der Waals surface area contributed by atoms with Crippen LogP contribution in [0.2, 0.25) is 0 Å². The lowest BCUT2D eigenvalue weighted by Gasteiger charge is -2.12. The fraction of sp³-hybridized carbons (Fsp3) is 0.241. The molecule has 6 heteroatoms. The van der Waals surface area contributed by atoms with Crippen molar-refractivity contribution in [1.29, 1.82) is 0 Å². The first-order valence-electron chi connectivity index (χ1n) is 11.6.